The van der Waals surface area contributed by atoms with E-state index in [-0.39, 0.29) is 0 Å². The van der Waals surface area contributed by atoms with Crippen LogP contribution in [0.5, 0.6) is 5.75 Å². The molecular weight excluding hydrogens is 248 g/mol. The Kier molecular flexibility index (Phi) is 2.78. The predicted octanol–water partition coefficient (Wildman–Crippen LogP) is 2.41. The minimum Gasteiger partial charge on any atom is -0.487 e. The lowest BCUT2D eigenvalue weighted by atomic mass is 10.4. The maximum absolute atomic E-state index is 5.44. The Hall–Kier alpha value is -1.36. The Morgan fingerprint density at radius 2 is 2.29 bits per heavy atom. The summed E-state index contributed by atoms with van der Waals surface area (Å²) < 4.78 is 11.0. The van der Waals surface area contributed by atoms with Gasteiger partial charge in [0.25, 0.3) is 0 Å². The normalized spacial score (nSPS) is 10.1. The van der Waals surface area contributed by atoms with Crippen molar-refractivity contribution in [1.29, 1.82) is 0 Å². The molecule has 0 aliphatic heterocycles. The largest absolute Gasteiger partial charge is 0.487 e. The SMILES string of the molecule is Brc1cncc(OCc2cnoc2)c1. The van der Waals surface area contributed by atoms with E-state index in [2.05, 4.69) is 30.6 Å². The first kappa shape index (κ1) is 9.21. The highest BCUT2D eigenvalue weighted by Crippen LogP contribution is 2.16. The molecule has 0 radical (unpaired) electrons. The molecule has 0 unspecified atom stereocenters. The van der Waals surface area contributed by atoms with E-state index in [1.54, 1.807) is 24.9 Å². The van der Waals surface area contributed by atoms with E-state index in [1.165, 1.54) is 0 Å². The van der Waals surface area contributed by atoms with E-state index in [0.717, 1.165) is 10.0 Å². The molecule has 0 saturated carbocycles. The van der Waals surface area contributed by atoms with Crippen molar-refractivity contribution in [3.05, 3.63) is 41.0 Å². The van der Waals surface area contributed by atoms with Gasteiger partial charge in [-0.1, -0.05) is 5.16 Å². The van der Waals surface area contributed by atoms with Crippen LogP contribution in [0.15, 0.2) is 39.9 Å². The first-order valence-electron chi connectivity index (χ1n) is 3.96. The van der Waals surface area contributed by atoms with E-state index >= 15 is 0 Å². The van der Waals surface area contributed by atoms with Gasteiger partial charge in [0.1, 0.15) is 18.6 Å². The molecule has 0 aromatic carbocycles. The molecule has 2 aromatic heterocycles. The van der Waals surface area contributed by atoms with Gasteiger partial charge in [-0.3, -0.25) is 4.98 Å². The molecular formula is C9H7BrN2O2. The summed E-state index contributed by atoms with van der Waals surface area (Å²) in [5, 5.41) is 3.57. The number of hydrogen-bond acceptors (Lipinski definition) is 4. The zero-order valence-electron chi connectivity index (χ0n) is 7.18. The lowest BCUT2D eigenvalue weighted by Gasteiger charge is -2.02. The highest BCUT2D eigenvalue weighted by molar-refractivity contribution is 9.10. The summed E-state index contributed by atoms with van der Waals surface area (Å²) in [5.41, 5.74) is 0.893. The smallest absolute Gasteiger partial charge is 0.139 e. The van der Waals surface area contributed by atoms with Crippen molar-refractivity contribution in [1.82, 2.24) is 10.1 Å². The van der Waals surface area contributed by atoms with Crippen molar-refractivity contribution < 1.29 is 9.26 Å². The maximum atomic E-state index is 5.44. The molecule has 0 saturated heterocycles. The molecule has 0 fully saturated rings. The molecule has 0 atom stereocenters. The highest BCUT2D eigenvalue weighted by Gasteiger charge is 1.98. The highest BCUT2D eigenvalue weighted by atomic mass is 79.9. The van der Waals surface area contributed by atoms with Gasteiger partial charge >= 0.3 is 0 Å². The van der Waals surface area contributed by atoms with Gasteiger partial charge in [-0.25, -0.2) is 0 Å². The van der Waals surface area contributed by atoms with Crippen LogP contribution < -0.4 is 4.74 Å². The van der Waals surface area contributed by atoms with E-state index in [1.807, 2.05) is 6.07 Å². The van der Waals surface area contributed by atoms with Crippen molar-refractivity contribution in [3.63, 3.8) is 0 Å². The third-order valence-corrected chi connectivity index (χ3v) is 2.00. The molecule has 2 aromatic rings. The standard InChI is InChI=1S/C9H7BrN2O2/c10-8-1-9(4-11-3-8)13-5-7-2-12-14-6-7/h1-4,6H,5H2. The Morgan fingerprint density at radius 1 is 1.36 bits per heavy atom. The number of rotatable bonds is 3. The molecule has 4 nitrogen and oxygen atoms in total. The van der Waals surface area contributed by atoms with Gasteiger partial charge in [0, 0.05) is 16.2 Å². The van der Waals surface area contributed by atoms with E-state index in [4.69, 9.17) is 4.74 Å². The Balaban J connectivity index is 1.98. The monoisotopic (exact) mass is 254 g/mol. The zero-order valence-corrected chi connectivity index (χ0v) is 8.77. The van der Waals surface area contributed by atoms with E-state index in [9.17, 15) is 0 Å². The van der Waals surface area contributed by atoms with Gasteiger partial charge in [0.15, 0.2) is 0 Å². The molecule has 0 aliphatic carbocycles. The molecule has 2 heterocycles. The molecule has 72 valence electrons. The van der Waals surface area contributed by atoms with E-state index in [0.29, 0.717) is 12.4 Å². The van der Waals surface area contributed by atoms with Crippen LogP contribution in [0.1, 0.15) is 5.56 Å². The molecule has 0 bridgehead atoms. The summed E-state index contributed by atoms with van der Waals surface area (Å²) in [6.45, 7) is 0.432. The van der Waals surface area contributed by atoms with Crippen LogP contribution in [0, 0.1) is 0 Å². The first-order valence-corrected chi connectivity index (χ1v) is 4.75. The average Bonchev–Trinajstić information content (AvgIpc) is 2.67. The Labute approximate surface area is 89.0 Å². The molecule has 0 N–H and O–H groups in total. The third-order valence-electron chi connectivity index (χ3n) is 1.57. The van der Waals surface area contributed by atoms with Crippen LogP contribution in [0.3, 0.4) is 0 Å². The van der Waals surface area contributed by atoms with Crippen molar-refractivity contribution in [2.75, 3.05) is 0 Å². The molecule has 2 rings (SSSR count). The Bertz CT molecular complexity index is 403. The quantitative estimate of drug-likeness (QED) is 0.844. The van der Waals surface area contributed by atoms with Crippen LogP contribution in [-0.4, -0.2) is 10.1 Å². The van der Waals surface area contributed by atoms with Crippen LogP contribution in [-0.2, 0) is 6.61 Å². The minimum absolute atomic E-state index is 0.432. The summed E-state index contributed by atoms with van der Waals surface area (Å²) in [7, 11) is 0. The van der Waals surface area contributed by atoms with Crippen LogP contribution in [0.4, 0.5) is 0 Å². The van der Waals surface area contributed by atoms with Crippen molar-refractivity contribution in [2.24, 2.45) is 0 Å². The summed E-state index contributed by atoms with van der Waals surface area (Å²) >= 11 is 3.31. The topological polar surface area (TPSA) is 48.2 Å². The third kappa shape index (κ3) is 2.32. The molecule has 0 aliphatic rings. The molecule has 5 heteroatoms. The fourth-order valence-electron chi connectivity index (χ4n) is 0.936. The summed E-state index contributed by atoms with van der Waals surface area (Å²) in [6.07, 6.45) is 6.52. The van der Waals surface area contributed by atoms with Crippen molar-refractivity contribution in [3.8, 4) is 5.75 Å². The lowest BCUT2D eigenvalue weighted by Crippen LogP contribution is -1.93. The fraction of sp³-hybridized carbons (Fsp3) is 0.111. The number of hydrogen-bond donors (Lipinski definition) is 0. The molecule has 14 heavy (non-hydrogen) atoms. The van der Waals surface area contributed by atoms with Gasteiger partial charge in [-0.2, -0.15) is 0 Å². The number of nitrogens with zero attached hydrogens (tertiary/aromatic N) is 2. The maximum Gasteiger partial charge on any atom is 0.139 e. The second-order valence-corrected chi connectivity index (χ2v) is 3.58. The number of halogens is 1. The average molecular weight is 255 g/mol. The van der Waals surface area contributed by atoms with Gasteiger partial charge in [-0.15, -0.1) is 0 Å². The van der Waals surface area contributed by atoms with Gasteiger partial charge < -0.3 is 9.26 Å². The van der Waals surface area contributed by atoms with Crippen LogP contribution in [0.25, 0.3) is 0 Å². The number of pyridine rings is 1. The fourth-order valence-corrected chi connectivity index (χ4v) is 1.28. The number of aromatic nitrogens is 2. The van der Waals surface area contributed by atoms with Crippen molar-refractivity contribution >= 4 is 15.9 Å². The second kappa shape index (κ2) is 4.23. The molecule has 0 amide bonds. The minimum atomic E-state index is 0.432. The van der Waals surface area contributed by atoms with Gasteiger partial charge in [0.05, 0.1) is 12.4 Å². The number of ether oxygens (including phenoxy) is 1. The summed E-state index contributed by atoms with van der Waals surface area (Å²) in [4.78, 5) is 3.97. The first-order chi connectivity index (χ1) is 6.84. The molecule has 0 spiro atoms. The van der Waals surface area contributed by atoms with Gasteiger partial charge in [-0.05, 0) is 22.0 Å². The van der Waals surface area contributed by atoms with Crippen LogP contribution >= 0.6 is 15.9 Å². The van der Waals surface area contributed by atoms with E-state index < -0.39 is 0 Å². The zero-order chi connectivity index (χ0) is 9.80. The summed E-state index contributed by atoms with van der Waals surface area (Å²) in [6, 6.07) is 1.85. The van der Waals surface area contributed by atoms with Gasteiger partial charge in [0.2, 0.25) is 0 Å². The van der Waals surface area contributed by atoms with Crippen molar-refractivity contribution in [2.45, 2.75) is 6.61 Å². The predicted molar refractivity (Wildman–Crippen MR) is 52.8 cm³/mol. The second-order valence-electron chi connectivity index (χ2n) is 2.66. The lowest BCUT2D eigenvalue weighted by molar-refractivity contribution is 0.303. The van der Waals surface area contributed by atoms with Crippen LogP contribution in [0.2, 0.25) is 0 Å². The Morgan fingerprint density at radius 3 is 3.00 bits per heavy atom. The summed E-state index contributed by atoms with van der Waals surface area (Å²) in [5.74, 6) is 0.709.